The maximum absolute atomic E-state index is 10.6. The van der Waals surface area contributed by atoms with E-state index in [1.54, 1.807) is 6.07 Å². The van der Waals surface area contributed by atoms with Gasteiger partial charge in [-0.2, -0.15) is 0 Å². The van der Waals surface area contributed by atoms with Gasteiger partial charge in [-0.15, -0.1) is 0 Å². The number of hydrogen-bond acceptors (Lipinski definition) is 4. The summed E-state index contributed by atoms with van der Waals surface area (Å²) in [7, 11) is 1.43. The number of non-ortho nitro benzene ring substituents is 1. The maximum Gasteiger partial charge on any atom is 0.274 e. The van der Waals surface area contributed by atoms with Gasteiger partial charge in [0.1, 0.15) is 5.75 Å². The van der Waals surface area contributed by atoms with E-state index in [1.807, 2.05) is 0 Å². The molecule has 5 nitrogen and oxygen atoms in total. The molecule has 84 valence electrons. The summed E-state index contributed by atoms with van der Waals surface area (Å²) in [6.45, 7) is -0.0287. The van der Waals surface area contributed by atoms with E-state index in [0.29, 0.717) is 17.7 Å². The first-order valence-corrected chi connectivity index (χ1v) is 4.60. The molecule has 0 radical (unpaired) electrons. The fourth-order valence-corrected chi connectivity index (χ4v) is 1.10. The summed E-state index contributed by atoms with van der Waals surface area (Å²) in [5.74, 6) is 5.80. The minimum absolute atomic E-state index is 0.0287. The van der Waals surface area contributed by atoms with E-state index in [2.05, 4.69) is 11.8 Å². The van der Waals surface area contributed by atoms with Crippen molar-refractivity contribution in [1.82, 2.24) is 0 Å². The molecule has 0 amide bonds. The average Bonchev–Trinajstić information content (AvgIpc) is 2.29. The van der Waals surface area contributed by atoms with Crippen LogP contribution in [0.3, 0.4) is 0 Å². The van der Waals surface area contributed by atoms with Crippen molar-refractivity contribution in [1.29, 1.82) is 0 Å². The van der Waals surface area contributed by atoms with Crippen LogP contribution < -0.4 is 4.74 Å². The fourth-order valence-electron chi connectivity index (χ4n) is 1.10. The minimum atomic E-state index is -0.500. The van der Waals surface area contributed by atoms with Crippen molar-refractivity contribution >= 4 is 5.69 Å². The molecular formula is C11H11NO4. The number of aliphatic hydroxyl groups excluding tert-OH is 1. The lowest BCUT2D eigenvalue weighted by Crippen LogP contribution is -1.91. The Kier molecular flexibility index (Phi) is 4.30. The molecule has 16 heavy (non-hydrogen) atoms. The molecule has 0 spiro atoms. The zero-order chi connectivity index (χ0) is 12.0. The van der Waals surface area contributed by atoms with Crippen molar-refractivity contribution in [3.8, 4) is 17.6 Å². The van der Waals surface area contributed by atoms with Gasteiger partial charge in [-0.25, -0.2) is 0 Å². The Morgan fingerprint density at radius 1 is 1.50 bits per heavy atom. The largest absolute Gasteiger partial charge is 0.496 e. The van der Waals surface area contributed by atoms with Gasteiger partial charge in [0.15, 0.2) is 0 Å². The maximum atomic E-state index is 10.6. The summed E-state index contributed by atoms with van der Waals surface area (Å²) in [5.41, 5.74) is 0.437. The molecule has 0 saturated heterocycles. The van der Waals surface area contributed by atoms with Crippen molar-refractivity contribution in [2.75, 3.05) is 13.7 Å². The standard InChI is InChI=1S/C11H11NO4/c1-16-11-7-9(4-2-3-5-13)6-10(8-11)12(14)15/h6-8,13H,3,5H2,1H3. The first-order valence-electron chi connectivity index (χ1n) is 4.60. The van der Waals surface area contributed by atoms with Crippen LogP contribution in [0.15, 0.2) is 18.2 Å². The molecule has 0 aliphatic heterocycles. The van der Waals surface area contributed by atoms with Gasteiger partial charge < -0.3 is 9.84 Å². The monoisotopic (exact) mass is 221 g/mol. The molecule has 1 N–H and O–H groups in total. The van der Waals surface area contributed by atoms with Crippen LogP contribution in [0.4, 0.5) is 5.69 Å². The predicted molar refractivity (Wildman–Crippen MR) is 58.2 cm³/mol. The molecule has 0 aromatic heterocycles. The first kappa shape index (κ1) is 12.0. The van der Waals surface area contributed by atoms with E-state index in [9.17, 15) is 10.1 Å². The summed E-state index contributed by atoms with van der Waals surface area (Å²) < 4.78 is 4.93. The normalized spacial score (nSPS) is 9.12. The third-order valence-corrected chi connectivity index (χ3v) is 1.81. The zero-order valence-corrected chi connectivity index (χ0v) is 8.77. The average molecular weight is 221 g/mol. The van der Waals surface area contributed by atoms with Gasteiger partial charge in [-0.05, 0) is 6.07 Å². The number of nitrogens with zero attached hydrogens (tertiary/aromatic N) is 1. The van der Waals surface area contributed by atoms with Gasteiger partial charge in [0.25, 0.3) is 5.69 Å². The second kappa shape index (κ2) is 5.73. The highest BCUT2D eigenvalue weighted by atomic mass is 16.6. The lowest BCUT2D eigenvalue weighted by Gasteiger charge is -2.00. The summed E-state index contributed by atoms with van der Waals surface area (Å²) in [6.07, 6.45) is 0.338. The molecule has 0 aliphatic rings. The minimum Gasteiger partial charge on any atom is -0.496 e. The van der Waals surface area contributed by atoms with Crippen molar-refractivity contribution in [3.05, 3.63) is 33.9 Å². The van der Waals surface area contributed by atoms with Crippen LogP contribution in [-0.4, -0.2) is 23.7 Å². The van der Waals surface area contributed by atoms with E-state index >= 15 is 0 Å². The second-order valence-corrected chi connectivity index (χ2v) is 2.95. The van der Waals surface area contributed by atoms with Crippen LogP contribution in [-0.2, 0) is 0 Å². The number of hydrogen-bond donors (Lipinski definition) is 1. The van der Waals surface area contributed by atoms with Crippen LogP contribution >= 0.6 is 0 Å². The quantitative estimate of drug-likeness (QED) is 0.475. The van der Waals surface area contributed by atoms with Gasteiger partial charge in [0.2, 0.25) is 0 Å². The predicted octanol–water partition coefficient (Wildman–Crippen LogP) is 1.34. The van der Waals surface area contributed by atoms with Crippen molar-refractivity contribution in [2.24, 2.45) is 0 Å². The Balaban J connectivity index is 3.06. The van der Waals surface area contributed by atoms with Crippen LogP contribution in [0.25, 0.3) is 0 Å². The molecule has 5 heteroatoms. The van der Waals surface area contributed by atoms with Crippen LogP contribution in [0, 0.1) is 22.0 Å². The molecule has 0 aliphatic carbocycles. The van der Waals surface area contributed by atoms with Crippen LogP contribution in [0.5, 0.6) is 5.75 Å². The molecule has 1 aromatic carbocycles. The summed E-state index contributed by atoms with van der Waals surface area (Å²) in [5, 5.41) is 19.2. The smallest absolute Gasteiger partial charge is 0.274 e. The number of nitro benzene ring substituents is 1. The summed E-state index contributed by atoms with van der Waals surface area (Å²) >= 11 is 0. The first-order chi connectivity index (χ1) is 7.67. The summed E-state index contributed by atoms with van der Waals surface area (Å²) in [4.78, 5) is 10.1. The van der Waals surface area contributed by atoms with Gasteiger partial charge >= 0.3 is 0 Å². The molecule has 0 saturated carbocycles. The Hall–Kier alpha value is -2.06. The number of ether oxygens (including phenoxy) is 1. The molecule has 0 unspecified atom stereocenters. The van der Waals surface area contributed by atoms with E-state index in [1.165, 1.54) is 19.2 Å². The zero-order valence-electron chi connectivity index (χ0n) is 8.77. The Bertz CT molecular complexity index is 445. The molecule has 0 bridgehead atoms. The van der Waals surface area contributed by atoms with Crippen LogP contribution in [0.1, 0.15) is 12.0 Å². The highest BCUT2D eigenvalue weighted by molar-refractivity contribution is 5.49. The third kappa shape index (κ3) is 3.26. The topological polar surface area (TPSA) is 72.6 Å². The molecule has 1 aromatic rings. The Labute approximate surface area is 92.8 Å². The second-order valence-electron chi connectivity index (χ2n) is 2.95. The van der Waals surface area contributed by atoms with Gasteiger partial charge in [-0.3, -0.25) is 10.1 Å². The Morgan fingerprint density at radius 2 is 2.25 bits per heavy atom. The van der Waals surface area contributed by atoms with Crippen LogP contribution in [0.2, 0.25) is 0 Å². The SMILES string of the molecule is COc1cc(C#CCCO)cc([N+](=O)[O-])c1. The molecule has 0 heterocycles. The van der Waals surface area contributed by atoms with Gasteiger partial charge in [-0.1, -0.05) is 11.8 Å². The highest BCUT2D eigenvalue weighted by Crippen LogP contribution is 2.21. The number of rotatable bonds is 3. The van der Waals surface area contributed by atoms with Crippen molar-refractivity contribution < 1.29 is 14.8 Å². The van der Waals surface area contributed by atoms with Gasteiger partial charge in [0, 0.05) is 18.1 Å². The van der Waals surface area contributed by atoms with E-state index in [4.69, 9.17) is 9.84 Å². The summed E-state index contributed by atoms with van der Waals surface area (Å²) in [6, 6.07) is 4.31. The van der Waals surface area contributed by atoms with E-state index < -0.39 is 4.92 Å². The van der Waals surface area contributed by atoms with E-state index in [0.717, 1.165) is 0 Å². The third-order valence-electron chi connectivity index (χ3n) is 1.81. The lowest BCUT2D eigenvalue weighted by atomic mass is 10.2. The number of benzene rings is 1. The van der Waals surface area contributed by atoms with Gasteiger partial charge in [0.05, 0.1) is 24.7 Å². The Morgan fingerprint density at radius 3 is 2.81 bits per heavy atom. The number of nitro groups is 1. The molecular weight excluding hydrogens is 210 g/mol. The van der Waals surface area contributed by atoms with Crippen molar-refractivity contribution in [3.63, 3.8) is 0 Å². The molecule has 1 rings (SSSR count). The molecule has 0 fully saturated rings. The fraction of sp³-hybridized carbons (Fsp3) is 0.273. The number of methoxy groups -OCH3 is 1. The number of aliphatic hydroxyl groups is 1. The molecule has 0 atom stereocenters. The van der Waals surface area contributed by atoms with E-state index in [-0.39, 0.29) is 12.3 Å². The highest BCUT2D eigenvalue weighted by Gasteiger charge is 2.08. The lowest BCUT2D eigenvalue weighted by molar-refractivity contribution is -0.384. The van der Waals surface area contributed by atoms with Crippen molar-refractivity contribution in [2.45, 2.75) is 6.42 Å².